The zero-order valence-corrected chi connectivity index (χ0v) is 11.6. The smallest absolute Gasteiger partial charge is 0.227 e. The number of methoxy groups -OCH3 is 1. The van der Waals surface area contributed by atoms with Crippen LogP contribution in [0.2, 0.25) is 0 Å². The van der Waals surface area contributed by atoms with Gasteiger partial charge in [0.05, 0.1) is 13.3 Å². The first-order valence-electron chi connectivity index (χ1n) is 6.57. The van der Waals surface area contributed by atoms with E-state index in [9.17, 15) is 0 Å². The van der Waals surface area contributed by atoms with Gasteiger partial charge in [0.15, 0.2) is 0 Å². The largest absolute Gasteiger partial charge is 0.497 e. The first-order chi connectivity index (χ1) is 10.3. The molecule has 0 spiro atoms. The van der Waals surface area contributed by atoms with E-state index in [0.717, 1.165) is 12.2 Å². The van der Waals surface area contributed by atoms with Crippen molar-refractivity contribution in [2.45, 2.75) is 12.8 Å². The minimum atomic E-state index is 0.466. The summed E-state index contributed by atoms with van der Waals surface area (Å²) < 4.78 is 10.4. The zero-order valence-electron chi connectivity index (χ0n) is 11.6. The topological polar surface area (TPSA) is 73.9 Å². The van der Waals surface area contributed by atoms with Crippen molar-refractivity contribution >= 4 is 0 Å². The molecule has 3 rings (SSSR count). The third-order valence-electron chi connectivity index (χ3n) is 3.05. The number of nitrogens with zero attached hydrogens (tertiary/aromatic N) is 4. The molecule has 0 saturated carbocycles. The van der Waals surface area contributed by atoms with Crippen molar-refractivity contribution in [2.24, 2.45) is 0 Å². The Labute approximate surface area is 121 Å². The number of aromatic nitrogens is 4. The standard InChI is InChI=1S/C15H14N4O2/c1-20-12-5-2-11(3-6-12)4-7-14-18-15(19-21-14)13-10-16-8-9-17-13/h2-3,5-6,8-10H,4,7H2,1H3. The summed E-state index contributed by atoms with van der Waals surface area (Å²) in [6, 6.07) is 7.93. The molecule has 0 bridgehead atoms. The average molecular weight is 282 g/mol. The normalized spacial score (nSPS) is 10.5. The molecule has 21 heavy (non-hydrogen) atoms. The fourth-order valence-electron chi connectivity index (χ4n) is 1.92. The van der Waals surface area contributed by atoms with Crippen molar-refractivity contribution in [3.63, 3.8) is 0 Å². The van der Waals surface area contributed by atoms with Crippen LogP contribution in [-0.4, -0.2) is 27.2 Å². The van der Waals surface area contributed by atoms with Crippen LogP contribution in [0.5, 0.6) is 5.75 Å². The van der Waals surface area contributed by atoms with Crippen LogP contribution < -0.4 is 4.74 Å². The van der Waals surface area contributed by atoms with Crippen molar-refractivity contribution in [2.75, 3.05) is 7.11 Å². The van der Waals surface area contributed by atoms with E-state index in [-0.39, 0.29) is 0 Å². The SMILES string of the molecule is COc1ccc(CCc2nc(-c3cnccn3)no2)cc1. The molecule has 0 radical (unpaired) electrons. The van der Waals surface area contributed by atoms with Gasteiger partial charge >= 0.3 is 0 Å². The van der Waals surface area contributed by atoms with E-state index in [4.69, 9.17) is 9.26 Å². The predicted octanol–water partition coefficient (Wildman–Crippen LogP) is 2.32. The third-order valence-corrected chi connectivity index (χ3v) is 3.05. The molecule has 0 saturated heterocycles. The molecule has 106 valence electrons. The fourth-order valence-corrected chi connectivity index (χ4v) is 1.92. The first kappa shape index (κ1) is 13.2. The highest BCUT2D eigenvalue weighted by atomic mass is 16.5. The Morgan fingerprint density at radius 2 is 1.95 bits per heavy atom. The van der Waals surface area contributed by atoms with E-state index in [2.05, 4.69) is 20.1 Å². The Hall–Kier alpha value is -2.76. The number of hydrogen-bond donors (Lipinski definition) is 0. The predicted molar refractivity (Wildman–Crippen MR) is 75.7 cm³/mol. The van der Waals surface area contributed by atoms with Crippen molar-refractivity contribution in [3.8, 4) is 17.3 Å². The maximum absolute atomic E-state index is 5.23. The average Bonchev–Trinajstić information content (AvgIpc) is 3.03. The molecule has 0 fully saturated rings. The van der Waals surface area contributed by atoms with Gasteiger partial charge in [0, 0.05) is 18.8 Å². The number of rotatable bonds is 5. The van der Waals surface area contributed by atoms with Crippen LogP contribution in [0.15, 0.2) is 47.4 Å². The Morgan fingerprint density at radius 3 is 2.67 bits per heavy atom. The number of aryl methyl sites for hydroxylation is 2. The third kappa shape index (κ3) is 3.22. The highest BCUT2D eigenvalue weighted by Gasteiger charge is 2.09. The molecule has 0 aliphatic heterocycles. The van der Waals surface area contributed by atoms with Crippen LogP contribution in [0.4, 0.5) is 0 Å². The van der Waals surface area contributed by atoms with E-state index >= 15 is 0 Å². The van der Waals surface area contributed by atoms with Gasteiger partial charge in [-0.3, -0.25) is 4.98 Å². The van der Waals surface area contributed by atoms with Crippen molar-refractivity contribution in [1.29, 1.82) is 0 Å². The zero-order chi connectivity index (χ0) is 14.5. The van der Waals surface area contributed by atoms with Gasteiger partial charge in [-0.15, -0.1) is 0 Å². The first-order valence-corrected chi connectivity index (χ1v) is 6.57. The van der Waals surface area contributed by atoms with Gasteiger partial charge in [0.25, 0.3) is 0 Å². The van der Waals surface area contributed by atoms with E-state index in [0.29, 0.717) is 23.8 Å². The van der Waals surface area contributed by atoms with Gasteiger partial charge in [0.1, 0.15) is 11.4 Å². The minimum Gasteiger partial charge on any atom is -0.497 e. The Morgan fingerprint density at radius 1 is 1.10 bits per heavy atom. The highest BCUT2D eigenvalue weighted by Crippen LogP contribution is 2.15. The van der Waals surface area contributed by atoms with Crippen LogP contribution in [0.3, 0.4) is 0 Å². The molecule has 0 amide bonds. The Kier molecular flexibility index (Phi) is 3.86. The van der Waals surface area contributed by atoms with Gasteiger partial charge < -0.3 is 9.26 Å². The second-order valence-electron chi connectivity index (χ2n) is 4.45. The summed E-state index contributed by atoms with van der Waals surface area (Å²) in [5, 5.41) is 3.92. The molecule has 3 aromatic rings. The van der Waals surface area contributed by atoms with Crippen LogP contribution >= 0.6 is 0 Å². The van der Waals surface area contributed by atoms with Crippen molar-refractivity contribution in [1.82, 2.24) is 20.1 Å². The summed E-state index contributed by atoms with van der Waals surface area (Å²) in [6.07, 6.45) is 6.32. The second-order valence-corrected chi connectivity index (χ2v) is 4.45. The van der Waals surface area contributed by atoms with Crippen LogP contribution in [-0.2, 0) is 12.8 Å². The molecular formula is C15H14N4O2. The van der Waals surface area contributed by atoms with Crippen molar-refractivity contribution < 1.29 is 9.26 Å². The summed E-state index contributed by atoms with van der Waals surface area (Å²) in [7, 11) is 1.65. The van der Waals surface area contributed by atoms with Gasteiger partial charge in [-0.05, 0) is 24.1 Å². The lowest BCUT2D eigenvalue weighted by Gasteiger charge is -2.01. The van der Waals surface area contributed by atoms with Gasteiger partial charge in [0.2, 0.25) is 11.7 Å². The summed E-state index contributed by atoms with van der Waals surface area (Å²) in [5.41, 5.74) is 1.80. The maximum atomic E-state index is 5.23. The second kappa shape index (κ2) is 6.13. The lowest BCUT2D eigenvalue weighted by atomic mass is 10.1. The number of hydrogen-bond acceptors (Lipinski definition) is 6. The molecule has 6 heteroatoms. The lowest BCUT2D eigenvalue weighted by Crippen LogP contribution is -1.92. The molecule has 0 unspecified atom stereocenters. The Balaban J connectivity index is 1.64. The molecular weight excluding hydrogens is 268 g/mol. The molecule has 6 nitrogen and oxygen atoms in total. The molecule has 0 N–H and O–H groups in total. The van der Waals surface area contributed by atoms with E-state index in [1.165, 1.54) is 5.56 Å². The van der Waals surface area contributed by atoms with E-state index in [1.54, 1.807) is 25.7 Å². The van der Waals surface area contributed by atoms with Gasteiger partial charge in [-0.25, -0.2) is 4.98 Å². The molecule has 0 atom stereocenters. The van der Waals surface area contributed by atoms with Crippen molar-refractivity contribution in [3.05, 3.63) is 54.3 Å². The van der Waals surface area contributed by atoms with Crippen LogP contribution in [0.1, 0.15) is 11.5 Å². The number of ether oxygens (including phenoxy) is 1. The van der Waals surface area contributed by atoms with E-state index in [1.807, 2.05) is 24.3 Å². The molecule has 2 heterocycles. The Bertz CT molecular complexity index is 695. The minimum absolute atomic E-state index is 0.466. The maximum Gasteiger partial charge on any atom is 0.227 e. The monoisotopic (exact) mass is 282 g/mol. The lowest BCUT2D eigenvalue weighted by molar-refractivity contribution is 0.378. The molecule has 0 aliphatic rings. The van der Waals surface area contributed by atoms with Gasteiger partial charge in [-0.1, -0.05) is 17.3 Å². The molecule has 2 aromatic heterocycles. The van der Waals surface area contributed by atoms with Gasteiger partial charge in [-0.2, -0.15) is 4.98 Å². The summed E-state index contributed by atoms with van der Waals surface area (Å²) in [6.45, 7) is 0. The molecule has 1 aromatic carbocycles. The van der Waals surface area contributed by atoms with Crippen LogP contribution in [0, 0.1) is 0 Å². The summed E-state index contributed by atoms with van der Waals surface area (Å²) in [5.74, 6) is 1.90. The highest BCUT2D eigenvalue weighted by molar-refractivity contribution is 5.45. The fraction of sp³-hybridized carbons (Fsp3) is 0.200. The number of benzene rings is 1. The van der Waals surface area contributed by atoms with Crippen LogP contribution in [0.25, 0.3) is 11.5 Å². The molecule has 0 aliphatic carbocycles. The quantitative estimate of drug-likeness (QED) is 0.715. The summed E-state index contributed by atoms with van der Waals surface area (Å²) >= 11 is 0. The summed E-state index contributed by atoms with van der Waals surface area (Å²) in [4.78, 5) is 12.4. The van der Waals surface area contributed by atoms with E-state index < -0.39 is 0 Å².